The zero-order valence-electron chi connectivity index (χ0n) is 12.5. The minimum atomic E-state index is 0.209. The number of hydrogen-bond donors (Lipinski definition) is 1. The number of anilines is 1. The van der Waals surface area contributed by atoms with Gasteiger partial charge in [0.25, 0.3) is 0 Å². The van der Waals surface area contributed by atoms with Crippen LogP contribution in [0.3, 0.4) is 0 Å². The summed E-state index contributed by atoms with van der Waals surface area (Å²) in [4.78, 5) is 2.41. The zero-order chi connectivity index (χ0) is 13.7. The van der Waals surface area contributed by atoms with Crippen LogP contribution in [0.2, 0.25) is 0 Å². The molecule has 0 bridgehead atoms. The van der Waals surface area contributed by atoms with Gasteiger partial charge in [0.1, 0.15) is 0 Å². The SMILES string of the molecule is CCC(CC)N(C)c1ccc(C)cc1CC(C)N. The van der Waals surface area contributed by atoms with Crippen molar-refractivity contribution in [1.29, 1.82) is 0 Å². The second-order valence-corrected chi connectivity index (χ2v) is 5.39. The molecule has 0 radical (unpaired) electrons. The first-order valence-electron chi connectivity index (χ1n) is 7.07. The predicted molar refractivity (Wildman–Crippen MR) is 81.3 cm³/mol. The lowest BCUT2D eigenvalue weighted by Crippen LogP contribution is -2.31. The van der Waals surface area contributed by atoms with Crippen molar-refractivity contribution in [3.63, 3.8) is 0 Å². The Balaban J connectivity index is 3.06. The van der Waals surface area contributed by atoms with Crippen LogP contribution >= 0.6 is 0 Å². The van der Waals surface area contributed by atoms with Crippen LogP contribution in [-0.4, -0.2) is 19.1 Å². The van der Waals surface area contributed by atoms with Crippen LogP contribution in [0.1, 0.15) is 44.7 Å². The zero-order valence-corrected chi connectivity index (χ0v) is 12.5. The van der Waals surface area contributed by atoms with Crippen LogP contribution < -0.4 is 10.6 Å². The summed E-state index contributed by atoms with van der Waals surface area (Å²) in [6, 6.07) is 7.53. The smallest absolute Gasteiger partial charge is 0.0399 e. The Hall–Kier alpha value is -1.02. The maximum Gasteiger partial charge on any atom is 0.0399 e. The first kappa shape index (κ1) is 15.0. The van der Waals surface area contributed by atoms with E-state index in [2.05, 4.69) is 57.8 Å². The molecule has 0 aliphatic carbocycles. The van der Waals surface area contributed by atoms with Crippen molar-refractivity contribution in [1.82, 2.24) is 0 Å². The minimum Gasteiger partial charge on any atom is -0.371 e. The van der Waals surface area contributed by atoms with Gasteiger partial charge in [0.15, 0.2) is 0 Å². The highest BCUT2D eigenvalue weighted by molar-refractivity contribution is 5.55. The van der Waals surface area contributed by atoms with E-state index in [0.29, 0.717) is 6.04 Å². The van der Waals surface area contributed by atoms with Gasteiger partial charge >= 0.3 is 0 Å². The number of hydrogen-bond acceptors (Lipinski definition) is 2. The molecule has 2 nitrogen and oxygen atoms in total. The molecule has 1 aromatic rings. The minimum absolute atomic E-state index is 0.209. The Morgan fingerprint density at radius 3 is 2.33 bits per heavy atom. The lowest BCUT2D eigenvalue weighted by Gasteiger charge is -2.31. The van der Waals surface area contributed by atoms with Gasteiger partial charge in [-0.3, -0.25) is 0 Å². The fraction of sp³-hybridized carbons (Fsp3) is 0.625. The highest BCUT2D eigenvalue weighted by Gasteiger charge is 2.15. The second-order valence-electron chi connectivity index (χ2n) is 5.39. The molecule has 0 saturated heterocycles. The van der Waals surface area contributed by atoms with Crippen molar-refractivity contribution >= 4 is 5.69 Å². The van der Waals surface area contributed by atoms with Crippen LogP contribution in [0.25, 0.3) is 0 Å². The molecular weight excluding hydrogens is 220 g/mol. The molecule has 102 valence electrons. The third kappa shape index (κ3) is 3.74. The van der Waals surface area contributed by atoms with Gasteiger partial charge in [0.2, 0.25) is 0 Å². The molecule has 0 aliphatic rings. The Bertz CT molecular complexity index is 367. The number of nitrogens with zero attached hydrogens (tertiary/aromatic N) is 1. The fourth-order valence-corrected chi connectivity index (χ4v) is 2.60. The van der Waals surface area contributed by atoms with Crippen LogP contribution in [0.15, 0.2) is 18.2 Å². The molecule has 0 aliphatic heterocycles. The van der Waals surface area contributed by atoms with E-state index in [9.17, 15) is 0 Å². The summed E-state index contributed by atoms with van der Waals surface area (Å²) in [5.74, 6) is 0. The van der Waals surface area contributed by atoms with E-state index in [0.717, 1.165) is 6.42 Å². The second kappa shape index (κ2) is 6.79. The first-order chi connectivity index (χ1) is 8.49. The lowest BCUT2D eigenvalue weighted by molar-refractivity contribution is 0.588. The summed E-state index contributed by atoms with van der Waals surface area (Å²) in [6.07, 6.45) is 3.30. The van der Waals surface area contributed by atoms with Gasteiger partial charge in [0, 0.05) is 24.8 Å². The molecule has 2 N–H and O–H groups in total. The summed E-state index contributed by atoms with van der Waals surface area (Å²) in [7, 11) is 2.20. The fourth-order valence-electron chi connectivity index (χ4n) is 2.60. The maximum atomic E-state index is 5.97. The van der Waals surface area contributed by atoms with Crippen molar-refractivity contribution < 1.29 is 0 Å². The molecule has 1 unspecified atom stereocenters. The van der Waals surface area contributed by atoms with Gasteiger partial charge in [-0.25, -0.2) is 0 Å². The average Bonchev–Trinajstić information content (AvgIpc) is 2.29. The quantitative estimate of drug-likeness (QED) is 0.834. The molecule has 1 rings (SSSR count). The first-order valence-corrected chi connectivity index (χ1v) is 7.07. The molecular formula is C16H28N2. The van der Waals surface area contributed by atoms with E-state index < -0.39 is 0 Å². The maximum absolute atomic E-state index is 5.97. The van der Waals surface area contributed by atoms with E-state index in [1.165, 1.54) is 29.7 Å². The number of aryl methyl sites for hydroxylation is 1. The molecule has 0 amide bonds. The largest absolute Gasteiger partial charge is 0.371 e. The van der Waals surface area contributed by atoms with Crippen molar-refractivity contribution in [2.75, 3.05) is 11.9 Å². The molecule has 0 heterocycles. The van der Waals surface area contributed by atoms with E-state index in [1.807, 2.05) is 0 Å². The van der Waals surface area contributed by atoms with Gasteiger partial charge in [-0.15, -0.1) is 0 Å². The van der Waals surface area contributed by atoms with Crippen molar-refractivity contribution in [2.45, 2.75) is 59.0 Å². The van der Waals surface area contributed by atoms with Crippen LogP contribution in [0.4, 0.5) is 5.69 Å². The Morgan fingerprint density at radius 2 is 1.83 bits per heavy atom. The normalized spacial score (nSPS) is 12.8. The van der Waals surface area contributed by atoms with Crippen molar-refractivity contribution in [3.05, 3.63) is 29.3 Å². The third-order valence-corrected chi connectivity index (χ3v) is 3.65. The van der Waals surface area contributed by atoms with E-state index in [1.54, 1.807) is 0 Å². The van der Waals surface area contributed by atoms with Gasteiger partial charge in [-0.05, 0) is 44.7 Å². The number of rotatable bonds is 6. The van der Waals surface area contributed by atoms with E-state index >= 15 is 0 Å². The predicted octanol–water partition coefficient (Wildman–Crippen LogP) is 3.51. The molecule has 1 atom stereocenters. The molecule has 0 aromatic heterocycles. The lowest BCUT2D eigenvalue weighted by atomic mass is 10.0. The van der Waals surface area contributed by atoms with Gasteiger partial charge in [-0.2, -0.15) is 0 Å². The monoisotopic (exact) mass is 248 g/mol. The van der Waals surface area contributed by atoms with Crippen LogP contribution in [0, 0.1) is 6.92 Å². The highest BCUT2D eigenvalue weighted by atomic mass is 15.1. The Morgan fingerprint density at radius 1 is 1.22 bits per heavy atom. The third-order valence-electron chi connectivity index (χ3n) is 3.65. The Labute approximate surface area is 112 Å². The molecule has 0 spiro atoms. The standard InChI is InChI=1S/C16H28N2/c1-6-15(7-2)18(5)16-9-8-12(3)10-14(16)11-13(4)17/h8-10,13,15H,6-7,11,17H2,1-5H3. The number of nitrogens with two attached hydrogens (primary N) is 1. The average molecular weight is 248 g/mol. The van der Waals surface area contributed by atoms with E-state index in [-0.39, 0.29) is 6.04 Å². The molecule has 2 heteroatoms. The molecule has 18 heavy (non-hydrogen) atoms. The van der Waals surface area contributed by atoms with Gasteiger partial charge in [-0.1, -0.05) is 31.5 Å². The summed E-state index contributed by atoms with van der Waals surface area (Å²) in [6.45, 7) is 8.73. The van der Waals surface area contributed by atoms with Crippen molar-refractivity contribution in [2.24, 2.45) is 5.73 Å². The molecule has 0 fully saturated rings. The highest BCUT2D eigenvalue weighted by Crippen LogP contribution is 2.25. The summed E-state index contributed by atoms with van der Waals surface area (Å²) in [5, 5.41) is 0. The summed E-state index contributed by atoms with van der Waals surface area (Å²) < 4.78 is 0. The van der Waals surface area contributed by atoms with Crippen LogP contribution in [0.5, 0.6) is 0 Å². The van der Waals surface area contributed by atoms with Gasteiger partial charge < -0.3 is 10.6 Å². The van der Waals surface area contributed by atoms with Crippen LogP contribution in [-0.2, 0) is 6.42 Å². The van der Waals surface area contributed by atoms with Crippen molar-refractivity contribution in [3.8, 4) is 0 Å². The topological polar surface area (TPSA) is 29.3 Å². The molecule has 0 saturated carbocycles. The van der Waals surface area contributed by atoms with Gasteiger partial charge in [0.05, 0.1) is 0 Å². The summed E-state index contributed by atoms with van der Waals surface area (Å²) >= 11 is 0. The molecule has 1 aromatic carbocycles. The van der Waals surface area contributed by atoms with E-state index in [4.69, 9.17) is 5.73 Å². The summed E-state index contributed by atoms with van der Waals surface area (Å²) in [5.41, 5.74) is 9.99. The Kier molecular flexibility index (Phi) is 5.67. The number of benzene rings is 1.